The van der Waals surface area contributed by atoms with Crippen molar-refractivity contribution in [3.05, 3.63) is 30.3 Å². The molecule has 1 aromatic rings. The molecule has 0 bridgehead atoms. The van der Waals surface area contributed by atoms with Crippen LogP contribution < -0.4 is 4.90 Å². The second-order valence-corrected chi connectivity index (χ2v) is 5.05. The fraction of sp³-hybridized carbons (Fsp3) is 0.600. The van der Waals surface area contributed by atoms with Gasteiger partial charge in [0, 0.05) is 19.3 Å². The molecule has 16 heavy (non-hydrogen) atoms. The van der Waals surface area contributed by atoms with Crippen molar-refractivity contribution in [2.75, 3.05) is 18.5 Å². The average Bonchev–Trinajstić information content (AvgIpc) is 2.38. The molecule has 0 aliphatic heterocycles. The van der Waals surface area contributed by atoms with Crippen molar-refractivity contribution in [1.29, 1.82) is 0 Å². The van der Waals surface area contributed by atoms with E-state index in [2.05, 4.69) is 42.3 Å². The molecule has 1 saturated carbocycles. The lowest BCUT2D eigenvalue weighted by molar-refractivity contribution is 0.341. The average molecular weight is 217 g/mol. The van der Waals surface area contributed by atoms with Gasteiger partial charge in [-0.3, -0.25) is 0 Å². The molecule has 0 spiro atoms. The van der Waals surface area contributed by atoms with E-state index in [0.29, 0.717) is 0 Å². The van der Waals surface area contributed by atoms with Gasteiger partial charge in [-0.1, -0.05) is 50.3 Å². The summed E-state index contributed by atoms with van der Waals surface area (Å²) in [6.45, 7) is 1.20. The molecule has 1 aliphatic carbocycles. The van der Waals surface area contributed by atoms with Gasteiger partial charge in [0.25, 0.3) is 0 Å². The second kappa shape index (κ2) is 5.93. The van der Waals surface area contributed by atoms with Crippen molar-refractivity contribution in [1.82, 2.24) is 0 Å². The van der Waals surface area contributed by atoms with Gasteiger partial charge in [-0.25, -0.2) is 0 Å². The summed E-state index contributed by atoms with van der Waals surface area (Å²) in [7, 11) is 2.21. The number of para-hydroxylation sites is 1. The normalized spacial score (nSPS) is 17.3. The van der Waals surface area contributed by atoms with E-state index in [1.165, 1.54) is 50.8 Å². The summed E-state index contributed by atoms with van der Waals surface area (Å²) < 4.78 is 0. The van der Waals surface area contributed by atoms with Crippen LogP contribution in [0.5, 0.6) is 0 Å². The van der Waals surface area contributed by atoms with E-state index >= 15 is 0 Å². The zero-order valence-electron chi connectivity index (χ0n) is 10.4. The third kappa shape index (κ3) is 3.26. The molecule has 1 aromatic carbocycles. The Hall–Kier alpha value is -0.980. The number of hydrogen-bond donors (Lipinski definition) is 0. The molecule has 0 N–H and O–H groups in total. The summed E-state index contributed by atoms with van der Waals surface area (Å²) in [6, 6.07) is 10.7. The van der Waals surface area contributed by atoms with E-state index in [4.69, 9.17) is 0 Å². The maximum absolute atomic E-state index is 2.38. The molecule has 0 unspecified atom stereocenters. The molecule has 0 saturated heterocycles. The molecule has 0 aromatic heterocycles. The fourth-order valence-corrected chi connectivity index (χ4v) is 2.66. The van der Waals surface area contributed by atoms with E-state index in [-0.39, 0.29) is 0 Å². The maximum Gasteiger partial charge on any atom is 0.0363 e. The summed E-state index contributed by atoms with van der Waals surface area (Å²) in [4.78, 5) is 2.38. The van der Waals surface area contributed by atoms with Gasteiger partial charge in [-0.2, -0.15) is 0 Å². The predicted octanol–water partition coefficient (Wildman–Crippen LogP) is 4.09. The van der Waals surface area contributed by atoms with Gasteiger partial charge in [0.05, 0.1) is 0 Å². The maximum atomic E-state index is 2.38. The van der Waals surface area contributed by atoms with Crippen LogP contribution in [-0.4, -0.2) is 13.6 Å². The molecular formula is C15H23N. The van der Waals surface area contributed by atoms with Crippen LogP contribution in [-0.2, 0) is 0 Å². The minimum atomic E-state index is 0.986. The molecule has 0 heterocycles. The van der Waals surface area contributed by atoms with Crippen molar-refractivity contribution < 1.29 is 0 Å². The van der Waals surface area contributed by atoms with E-state index in [1.807, 2.05) is 0 Å². The first-order valence-corrected chi connectivity index (χ1v) is 6.62. The zero-order valence-corrected chi connectivity index (χ0v) is 10.4. The highest BCUT2D eigenvalue weighted by molar-refractivity contribution is 5.44. The molecule has 0 radical (unpaired) electrons. The van der Waals surface area contributed by atoms with Crippen molar-refractivity contribution in [3.63, 3.8) is 0 Å². The molecule has 1 aliphatic rings. The third-order valence-corrected chi connectivity index (χ3v) is 3.79. The summed E-state index contributed by atoms with van der Waals surface area (Å²) in [6.07, 6.45) is 8.67. The predicted molar refractivity (Wildman–Crippen MR) is 70.9 cm³/mol. The van der Waals surface area contributed by atoms with Gasteiger partial charge in [0.1, 0.15) is 0 Å². The molecule has 0 amide bonds. The van der Waals surface area contributed by atoms with Gasteiger partial charge >= 0.3 is 0 Å². The summed E-state index contributed by atoms with van der Waals surface area (Å²) in [5.41, 5.74) is 1.35. The highest BCUT2D eigenvalue weighted by Crippen LogP contribution is 2.26. The molecule has 1 heteroatoms. The topological polar surface area (TPSA) is 3.24 Å². The van der Waals surface area contributed by atoms with E-state index < -0.39 is 0 Å². The number of benzene rings is 1. The van der Waals surface area contributed by atoms with Crippen LogP contribution in [0.4, 0.5) is 5.69 Å². The minimum Gasteiger partial charge on any atom is -0.375 e. The summed E-state index contributed by atoms with van der Waals surface area (Å²) in [5, 5.41) is 0. The molecule has 88 valence electrons. The monoisotopic (exact) mass is 217 g/mol. The van der Waals surface area contributed by atoms with Crippen LogP contribution in [0.1, 0.15) is 38.5 Å². The number of hydrogen-bond acceptors (Lipinski definition) is 1. The lowest BCUT2D eigenvalue weighted by Gasteiger charge is -2.25. The Morgan fingerprint density at radius 3 is 2.44 bits per heavy atom. The second-order valence-electron chi connectivity index (χ2n) is 5.05. The fourth-order valence-electron chi connectivity index (χ4n) is 2.66. The van der Waals surface area contributed by atoms with Gasteiger partial charge in [-0.15, -0.1) is 0 Å². The van der Waals surface area contributed by atoms with Crippen molar-refractivity contribution in [2.45, 2.75) is 38.5 Å². The highest BCUT2D eigenvalue weighted by atomic mass is 15.1. The van der Waals surface area contributed by atoms with Crippen LogP contribution in [0, 0.1) is 5.92 Å². The minimum absolute atomic E-state index is 0.986. The Morgan fingerprint density at radius 1 is 1.06 bits per heavy atom. The van der Waals surface area contributed by atoms with E-state index in [1.54, 1.807) is 0 Å². The quantitative estimate of drug-likeness (QED) is 0.734. The van der Waals surface area contributed by atoms with Gasteiger partial charge in [-0.05, 0) is 24.5 Å². The van der Waals surface area contributed by atoms with E-state index in [9.17, 15) is 0 Å². The first-order valence-electron chi connectivity index (χ1n) is 6.62. The first-order chi connectivity index (χ1) is 7.86. The number of anilines is 1. The lowest BCUT2D eigenvalue weighted by Crippen LogP contribution is -2.21. The van der Waals surface area contributed by atoms with Crippen molar-refractivity contribution in [2.24, 2.45) is 5.92 Å². The molecule has 1 fully saturated rings. The zero-order chi connectivity index (χ0) is 11.2. The Balaban J connectivity index is 1.77. The summed E-state index contributed by atoms with van der Waals surface area (Å²) in [5.74, 6) is 0.986. The number of rotatable bonds is 4. The van der Waals surface area contributed by atoms with Crippen LogP contribution >= 0.6 is 0 Å². The molecule has 2 rings (SSSR count). The largest absolute Gasteiger partial charge is 0.375 e. The molecule has 0 atom stereocenters. The molecule has 1 nitrogen and oxygen atoms in total. The van der Waals surface area contributed by atoms with Crippen LogP contribution in [0.15, 0.2) is 30.3 Å². The Labute approximate surface area is 99.5 Å². The standard InChI is InChI=1S/C15H23N/c1-16(15-10-6-3-7-11-15)13-12-14-8-4-2-5-9-14/h3,6-7,10-11,14H,2,4-5,8-9,12-13H2,1H3. The molecular weight excluding hydrogens is 194 g/mol. The van der Waals surface area contributed by atoms with Gasteiger partial charge in [0.15, 0.2) is 0 Å². The summed E-state index contributed by atoms with van der Waals surface area (Å²) >= 11 is 0. The Morgan fingerprint density at radius 2 is 1.75 bits per heavy atom. The highest BCUT2D eigenvalue weighted by Gasteiger charge is 2.13. The smallest absolute Gasteiger partial charge is 0.0363 e. The van der Waals surface area contributed by atoms with Gasteiger partial charge < -0.3 is 4.90 Å². The van der Waals surface area contributed by atoms with Crippen molar-refractivity contribution in [3.8, 4) is 0 Å². The lowest BCUT2D eigenvalue weighted by atomic mass is 9.87. The van der Waals surface area contributed by atoms with Crippen molar-refractivity contribution >= 4 is 5.69 Å². The first kappa shape index (κ1) is 11.5. The third-order valence-electron chi connectivity index (χ3n) is 3.79. The number of nitrogens with zero attached hydrogens (tertiary/aromatic N) is 1. The van der Waals surface area contributed by atoms with Gasteiger partial charge in [0.2, 0.25) is 0 Å². The Bertz CT molecular complexity index is 288. The van der Waals surface area contributed by atoms with Crippen LogP contribution in [0.2, 0.25) is 0 Å². The van der Waals surface area contributed by atoms with Crippen LogP contribution in [0.3, 0.4) is 0 Å². The Kier molecular flexibility index (Phi) is 4.26. The SMILES string of the molecule is CN(CCC1CCCCC1)c1ccccc1. The van der Waals surface area contributed by atoms with E-state index in [0.717, 1.165) is 5.92 Å². The van der Waals surface area contributed by atoms with Crippen LogP contribution in [0.25, 0.3) is 0 Å².